The highest BCUT2D eigenvalue weighted by Gasteiger charge is 2.43. The van der Waals surface area contributed by atoms with Gasteiger partial charge in [-0.25, -0.2) is 0 Å². The van der Waals surface area contributed by atoms with Crippen molar-refractivity contribution in [1.82, 2.24) is 15.2 Å². The van der Waals surface area contributed by atoms with Crippen molar-refractivity contribution in [3.63, 3.8) is 0 Å². The number of ether oxygens (including phenoxy) is 1. The zero-order valence-electron chi connectivity index (χ0n) is 20.8. The van der Waals surface area contributed by atoms with E-state index >= 15 is 8.78 Å². The molecule has 1 aromatic heterocycles. The molecule has 2 N–H and O–H groups in total. The van der Waals surface area contributed by atoms with Crippen LogP contribution in [0.5, 0.6) is 5.75 Å². The van der Waals surface area contributed by atoms with Crippen LogP contribution in [-0.4, -0.2) is 52.7 Å². The SMILES string of the molecule is O=C(NC(CN1CCCC1)C(O)c1ccc(OC2CC2)c(Cl)c1)C(F)(F)c1ccc(-c2ccccn2)cc1. The molecule has 1 saturated carbocycles. The minimum atomic E-state index is -3.80. The maximum atomic E-state index is 15.3. The smallest absolute Gasteiger partial charge is 0.349 e. The minimum absolute atomic E-state index is 0.158. The number of aromatic nitrogens is 1. The van der Waals surface area contributed by atoms with E-state index in [2.05, 4.69) is 15.2 Å². The Balaban J connectivity index is 1.33. The van der Waals surface area contributed by atoms with Gasteiger partial charge in [0.2, 0.25) is 0 Å². The Hall–Kier alpha value is -3.07. The number of amides is 1. The molecule has 2 fully saturated rings. The third-order valence-corrected chi connectivity index (χ3v) is 7.26. The number of carbonyl (C=O) groups is 1. The number of aliphatic hydroxyl groups excluding tert-OH is 1. The molecule has 2 aliphatic rings. The second-order valence-corrected chi connectivity index (χ2v) is 10.3. The largest absolute Gasteiger partial charge is 0.489 e. The molecule has 1 aliphatic carbocycles. The van der Waals surface area contributed by atoms with E-state index < -0.39 is 29.5 Å². The molecule has 0 bridgehead atoms. The summed E-state index contributed by atoms with van der Waals surface area (Å²) in [4.78, 5) is 19.2. The molecule has 1 saturated heterocycles. The van der Waals surface area contributed by atoms with Crippen LogP contribution in [0.3, 0.4) is 0 Å². The first kappa shape index (κ1) is 26.5. The summed E-state index contributed by atoms with van der Waals surface area (Å²) in [6.07, 6.45) is 4.46. The highest BCUT2D eigenvalue weighted by molar-refractivity contribution is 6.32. The maximum absolute atomic E-state index is 15.3. The van der Waals surface area contributed by atoms with Crippen molar-refractivity contribution < 1.29 is 23.4 Å². The normalized spacial score (nSPS) is 17.7. The highest BCUT2D eigenvalue weighted by atomic mass is 35.5. The second kappa shape index (κ2) is 11.4. The van der Waals surface area contributed by atoms with Crippen molar-refractivity contribution >= 4 is 17.5 Å². The monoisotopic (exact) mass is 541 g/mol. The Morgan fingerprint density at radius 2 is 1.87 bits per heavy atom. The van der Waals surface area contributed by atoms with Gasteiger partial charge in [0.15, 0.2) is 0 Å². The van der Waals surface area contributed by atoms with E-state index in [4.69, 9.17) is 16.3 Å². The van der Waals surface area contributed by atoms with Crippen LogP contribution in [0.4, 0.5) is 8.78 Å². The van der Waals surface area contributed by atoms with Gasteiger partial charge >= 0.3 is 5.92 Å². The van der Waals surface area contributed by atoms with Crippen molar-refractivity contribution in [2.45, 2.75) is 49.9 Å². The van der Waals surface area contributed by atoms with Crippen LogP contribution in [0.15, 0.2) is 66.9 Å². The molecule has 1 aliphatic heterocycles. The molecule has 1 amide bonds. The Morgan fingerprint density at radius 1 is 1.13 bits per heavy atom. The molecule has 2 heterocycles. The summed E-state index contributed by atoms with van der Waals surface area (Å²) >= 11 is 6.38. The standard InChI is InChI=1S/C29H30ClF2N3O3/c30-23-17-20(8-13-26(23)38-22-11-12-22)27(36)25(18-35-15-3-4-16-35)34-28(37)29(31,32)21-9-6-19(7-10-21)24-5-1-2-14-33-24/h1-2,5-10,13-14,17,22,25,27,36H,3-4,11-12,15-16,18H2,(H,34,37). The van der Waals surface area contributed by atoms with Crippen molar-refractivity contribution in [2.24, 2.45) is 0 Å². The Kier molecular flexibility index (Phi) is 7.93. The molecule has 3 aromatic rings. The molecule has 0 spiro atoms. The average molecular weight is 542 g/mol. The van der Waals surface area contributed by atoms with Gasteiger partial charge < -0.3 is 20.1 Å². The van der Waals surface area contributed by atoms with Crippen molar-refractivity contribution in [3.05, 3.63) is 83.0 Å². The summed E-state index contributed by atoms with van der Waals surface area (Å²) in [5, 5.41) is 14.0. The minimum Gasteiger partial charge on any atom is -0.489 e. The number of alkyl halides is 2. The van der Waals surface area contributed by atoms with E-state index in [1.54, 1.807) is 36.5 Å². The number of pyridine rings is 1. The van der Waals surface area contributed by atoms with Gasteiger partial charge in [-0.3, -0.25) is 9.78 Å². The average Bonchev–Trinajstić information content (AvgIpc) is 3.61. The topological polar surface area (TPSA) is 74.7 Å². The molecular weight excluding hydrogens is 512 g/mol. The van der Waals surface area contributed by atoms with Crippen LogP contribution in [0.25, 0.3) is 11.3 Å². The van der Waals surface area contributed by atoms with Gasteiger partial charge in [-0.05, 0) is 68.6 Å². The zero-order chi connectivity index (χ0) is 26.7. The van der Waals surface area contributed by atoms with Crippen LogP contribution in [0.2, 0.25) is 5.02 Å². The number of nitrogens with one attached hydrogen (secondary N) is 1. The van der Waals surface area contributed by atoms with E-state index in [1.807, 2.05) is 6.07 Å². The number of aliphatic hydroxyl groups is 1. The first-order valence-electron chi connectivity index (χ1n) is 12.9. The molecule has 2 aromatic carbocycles. The molecule has 38 heavy (non-hydrogen) atoms. The maximum Gasteiger partial charge on any atom is 0.349 e. The number of nitrogens with zero attached hydrogens (tertiary/aromatic N) is 2. The third kappa shape index (κ3) is 6.14. The summed E-state index contributed by atoms with van der Waals surface area (Å²) in [5.41, 5.74) is 1.30. The van der Waals surface area contributed by atoms with Gasteiger partial charge in [0.25, 0.3) is 5.91 Å². The van der Waals surface area contributed by atoms with E-state index in [1.165, 1.54) is 24.3 Å². The van der Waals surface area contributed by atoms with Crippen LogP contribution < -0.4 is 10.1 Å². The predicted molar refractivity (Wildman–Crippen MR) is 141 cm³/mol. The number of halogens is 3. The van der Waals surface area contributed by atoms with Gasteiger partial charge in [0, 0.05) is 23.9 Å². The molecule has 200 valence electrons. The molecular formula is C29H30ClF2N3O3. The third-order valence-electron chi connectivity index (χ3n) is 6.96. The number of likely N-dealkylation sites (tertiary alicyclic amines) is 1. The van der Waals surface area contributed by atoms with Gasteiger partial charge in [-0.15, -0.1) is 0 Å². The number of rotatable bonds is 10. The fraction of sp³-hybridized carbons (Fsp3) is 0.379. The summed E-state index contributed by atoms with van der Waals surface area (Å²) < 4.78 is 36.4. The Bertz CT molecular complexity index is 1250. The molecule has 5 rings (SSSR count). The Morgan fingerprint density at radius 3 is 2.50 bits per heavy atom. The van der Waals surface area contributed by atoms with Gasteiger partial charge in [-0.2, -0.15) is 8.78 Å². The Labute approximate surface area is 225 Å². The first-order chi connectivity index (χ1) is 18.3. The lowest BCUT2D eigenvalue weighted by atomic mass is 9.99. The van der Waals surface area contributed by atoms with E-state index in [0.717, 1.165) is 38.8 Å². The fourth-order valence-corrected chi connectivity index (χ4v) is 4.87. The quantitative estimate of drug-likeness (QED) is 0.362. The van der Waals surface area contributed by atoms with E-state index in [-0.39, 0.29) is 12.6 Å². The molecule has 0 radical (unpaired) electrons. The van der Waals surface area contributed by atoms with Crippen LogP contribution in [0, 0.1) is 0 Å². The van der Waals surface area contributed by atoms with E-state index in [0.29, 0.717) is 27.6 Å². The number of carbonyl (C=O) groups excluding carboxylic acids is 1. The van der Waals surface area contributed by atoms with Crippen LogP contribution in [-0.2, 0) is 10.7 Å². The summed E-state index contributed by atoms with van der Waals surface area (Å²) in [7, 11) is 0. The molecule has 2 unspecified atom stereocenters. The van der Waals surface area contributed by atoms with Gasteiger partial charge in [0.05, 0.1) is 22.9 Å². The molecule has 9 heteroatoms. The van der Waals surface area contributed by atoms with Crippen molar-refractivity contribution in [3.8, 4) is 17.0 Å². The summed E-state index contributed by atoms with van der Waals surface area (Å²) in [6, 6.07) is 14.8. The lowest BCUT2D eigenvalue weighted by Crippen LogP contribution is -2.50. The van der Waals surface area contributed by atoms with Crippen molar-refractivity contribution in [2.75, 3.05) is 19.6 Å². The van der Waals surface area contributed by atoms with Crippen LogP contribution in [0.1, 0.15) is 42.9 Å². The fourth-order valence-electron chi connectivity index (χ4n) is 4.64. The van der Waals surface area contributed by atoms with Crippen LogP contribution >= 0.6 is 11.6 Å². The van der Waals surface area contributed by atoms with Gasteiger partial charge in [0.1, 0.15) is 11.9 Å². The molecule has 6 nitrogen and oxygen atoms in total. The van der Waals surface area contributed by atoms with Crippen molar-refractivity contribution in [1.29, 1.82) is 0 Å². The summed E-state index contributed by atoms with van der Waals surface area (Å²) in [6.45, 7) is 1.79. The number of hydrogen-bond donors (Lipinski definition) is 2. The number of hydrogen-bond acceptors (Lipinski definition) is 5. The van der Waals surface area contributed by atoms with Gasteiger partial charge in [-0.1, -0.05) is 48.0 Å². The second-order valence-electron chi connectivity index (χ2n) is 9.91. The zero-order valence-corrected chi connectivity index (χ0v) is 21.6. The molecule has 2 atom stereocenters. The first-order valence-corrected chi connectivity index (χ1v) is 13.3. The van der Waals surface area contributed by atoms with E-state index in [9.17, 15) is 9.90 Å². The number of benzene rings is 2. The highest BCUT2D eigenvalue weighted by Crippen LogP contribution is 2.35. The summed E-state index contributed by atoms with van der Waals surface area (Å²) in [5.74, 6) is -4.75. The predicted octanol–water partition coefficient (Wildman–Crippen LogP) is 5.35. The lowest BCUT2D eigenvalue weighted by Gasteiger charge is -2.30. The lowest BCUT2D eigenvalue weighted by molar-refractivity contribution is -0.149.